The van der Waals surface area contributed by atoms with E-state index in [1.807, 2.05) is 6.07 Å². The first-order chi connectivity index (χ1) is 8.81. The minimum Gasteiger partial charge on any atom is -0.377 e. The third kappa shape index (κ3) is 3.80. The van der Waals surface area contributed by atoms with Gasteiger partial charge in [0.1, 0.15) is 6.61 Å². The summed E-state index contributed by atoms with van der Waals surface area (Å²) in [5, 5.41) is 4.08. The highest BCUT2D eigenvalue weighted by molar-refractivity contribution is 5.04. The van der Waals surface area contributed by atoms with E-state index in [-0.39, 0.29) is 0 Å². The van der Waals surface area contributed by atoms with Gasteiger partial charge in [-0.25, -0.2) is 0 Å². The fourth-order valence-corrected chi connectivity index (χ4v) is 2.64. The van der Waals surface area contributed by atoms with E-state index in [0.717, 1.165) is 50.0 Å². The van der Waals surface area contributed by atoms with Crippen molar-refractivity contribution < 1.29 is 9.26 Å². The fraction of sp³-hybridized carbons (Fsp3) is 0.769. The Bertz CT molecular complexity index is 352. The summed E-state index contributed by atoms with van der Waals surface area (Å²) in [4.78, 5) is 2.44. The van der Waals surface area contributed by atoms with Crippen LogP contribution in [0.15, 0.2) is 10.6 Å². The van der Waals surface area contributed by atoms with Crippen LogP contribution < -0.4 is 5.73 Å². The number of methoxy groups -OCH3 is 1. The number of rotatable bonds is 6. The Morgan fingerprint density at radius 3 is 3.28 bits per heavy atom. The lowest BCUT2D eigenvalue weighted by Gasteiger charge is -2.31. The summed E-state index contributed by atoms with van der Waals surface area (Å²) in [6.07, 6.45) is 3.69. The van der Waals surface area contributed by atoms with Crippen LogP contribution in [0.3, 0.4) is 0 Å². The zero-order chi connectivity index (χ0) is 12.8. The van der Waals surface area contributed by atoms with Crippen molar-refractivity contribution in [1.82, 2.24) is 10.1 Å². The molecule has 1 fully saturated rings. The second-order valence-electron chi connectivity index (χ2n) is 5.04. The molecule has 1 saturated heterocycles. The molecule has 0 saturated carbocycles. The average Bonchev–Trinajstić information content (AvgIpc) is 2.78. The van der Waals surface area contributed by atoms with Crippen LogP contribution >= 0.6 is 0 Å². The lowest BCUT2D eigenvalue weighted by molar-refractivity contribution is 0.152. The zero-order valence-electron chi connectivity index (χ0n) is 11.1. The molecule has 1 aromatic heterocycles. The molecule has 0 amide bonds. The summed E-state index contributed by atoms with van der Waals surface area (Å²) in [5.74, 6) is 1.54. The van der Waals surface area contributed by atoms with Gasteiger partial charge in [-0.2, -0.15) is 0 Å². The predicted molar refractivity (Wildman–Crippen MR) is 68.9 cm³/mol. The van der Waals surface area contributed by atoms with E-state index >= 15 is 0 Å². The molecule has 5 nitrogen and oxygen atoms in total. The number of aromatic nitrogens is 1. The monoisotopic (exact) mass is 253 g/mol. The predicted octanol–water partition coefficient (Wildman–Crippen LogP) is 1.38. The topological polar surface area (TPSA) is 64.5 Å². The maximum absolute atomic E-state index is 5.63. The van der Waals surface area contributed by atoms with Gasteiger partial charge in [-0.15, -0.1) is 0 Å². The third-order valence-corrected chi connectivity index (χ3v) is 3.46. The quantitative estimate of drug-likeness (QED) is 0.829. The molecule has 1 unspecified atom stereocenters. The highest BCUT2D eigenvalue weighted by atomic mass is 16.5. The van der Waals surface area contributed by atoms with Crippen molar-refractivity contribution in [2.75, 3.05) is 26.7 Å². The fourth-order valence-electron chi connectivity index (χ4n) is 2.64. The lowest BCUT2D eigenvalue weighted by atomic mass is 9.95. The van der Waals surface area contributed by atoms with Crippen molar-refractivity contribution in [3.05, 3.63) is 17.5 Å². The molecular weight excluding hydrogens is 230 g/mol. The molecule has 5 heteroatoms. The Morgan fingerprint density at radius 2 is 2.50 bits per heavy atom. The molecule has 2 rings (SSSR count). The van der Waals surface area contributed by atoms with Crippen LogP contribution in [0, 0.1) is 5.92 Å². The maximum Gasteiger partial charge on any atom is 0.162 e. The van der Waals surface area contributed by atoms with Crippen LogP contribution in [0.25, 0.3) is 0 Å². The highest BCUT2D eigenvalue weighted by Gasteiger charge is 2.20. The Kier molecular flexibility index (Phi) is 5.16. The van der Waals surface area contributed by atoms with Gasteiger partial charge in [-0.3, -0.25) is 4.90 Å². The lowest BCUT2D eigenvalue weighted by Crippen LogP contribution is -2.35. The van der Waals surface area contributed by atoms with Gasteiger partial charge in [0.15, 0.2) is 5.76 Å². The molecule has 0 spiro atoms. The van der Waals surface area contributed by atoms with Gasteiger partial charge in [0, 0.05) is 26.3 Å². The number of nitrogens with zero attached hydrogens (tertiary/aromatic N) is 2. The third-order valence-electron chi connectivity index (χ3n) is 3.46. The smallest absolute Gasteiger partial charge is 0.162 e. The molecule has 102 valence electrons. The van der Waals surface area contributed by atoms with Crippen LogP contribution in [0.2, 0.25) is 0 Å². The molecule has 1 aliphatic heterocycles. The van der Waals surface area contributed by atoms with E-state index in [9.17, 15) is 0 Å². The van der Waals surface area contributed by atoms with E-state index in [2.05, 4.69) is 10.1 Å². The van der Waals surface area contributed by atoms with Crippen molar-refractivity contribution in [1.29, 1.82) is 0 Å². The standard InChI is InChI=1S/C13H23N3O2/c1-17-10-13-7-12(15-18-13)9-16-6-2-3-11(8-16)4-5-14/h7,11H,2-6,8-10,14H2,1H3. The number of piperidine rings is 1. The van der Waals surface area contributed by atoms with Crippen molar-refractivity contribution in [2.24, 2.45) is 11.7 Å². The van der Waals surface area contributed by atoms with Crippen molar-refractivity contribution >= 4 is 0 Å². The molecular formula is C13H23N3O2. The number of hydrogen-bond donors (Lipinski definition) is 1. The Labute approximate surface area is 108 Å². The minimum absolute atomic E-state index is 0.489. The second-order valence-corrected chi connectivity index (χ2v) is 5.04. The van der Waals surface area contributed by atoms with E-state index in [1.165, 1.54) is 12.8 Å². The summed E-state index contributed by atoms with van der Waals surface area (Å²) in [6, 6.07) is 1.98. The Morgan fingerprint density at radius 1 is 1.61 bits per heavy atom. The van der Waals surface area contributed by atoms with Gasteiger partial charge in [-0.1, -0.05) is 5.16 Å². The molecule has 0 aliphatic carbocycles. The van der Waals surface area contributed by atoms with Gasteiger partial charge in [0.05, 0.1) is 5.69 Å². The summed E-state index contributed by atoms with van der Waals surface area (Å²) < 4.78 is 10.2. The first-order valence-electron chi connectivity index (χ1n) is 6.67. The molecule has 1 aliphatic rings. The van der Waals surface area contributed by atoms with Gasteiger partial charge in [-0.05, 0) is 38.3 Å². The van der Waals surface area contributed by atoms with E-state index in [4.69, 9.17) is 15.0 Å². The normalized spacial score (nSPS) is 21.3. The molecule has 2 N–H and O–H groups in total. The van der Waals surface area contributed by atoms with Crippen molar-refractivity contribution in [2.45, 2.75) is 32.4 Å². The summed E-state index contributed by atoms with van der Waals surface area (Å²) in [6.45, 7) is 4.43. The van der Waals surface area contributed by atoms with Crippen LogP contribution in [0.5, 0.6) is 0 Å². The summed E-state index contributed by atoms with van der Waals surface area (Å²) >= 11 is 0. The molecule has 18 heavy (non-hydrogen) atoms. The summed E-state index contributed by atoms with van der Waals surface area (Å²) in [7, 11) is 1.66. The number of likely N-dealkylation sites (tertiary alicyclic amines) is 1. The van der Waals surface area contributed by atoms with Crippen LogP contribution in [-0.2, 0) is 17.9 Å². The molecule has 0 bridgehead atoms. The number of ether oxygens (including phenoxy) is 1. The molecule has 0 radical (unpaired) electrons. The molecule has 2 heterocycles. The molecule has 1 aromatic rings. The van der Waals surface area contributed by atoms with Gasteiger partial charge in [0.25, 0.3) is 0 Å². The highest BCUT2D eigenvalue weighted by Crippen LogP contribution is 2.20. The SMILES string of the molecule is COCc1cc(CN2CCCC(CCN)C2)no1. The van der Waals surface area contributed by atoms with Gasteiger partial charge in [0.2, 0.25) is 0 Å². The van der Waals surface area contributed by atoms with Crippen LogP contribution in [0.1, 0.15) is 30.7 Å². The maximum atomic E-state index is 5.63. The average molecular weight is 253 g/mol. The van der Waals surface area contributed by atoms with E-state index in [0.29, 0.717) is 6.61 Å². The minimum atomic E-state index is 0.489. The number of hydrogen-bond acceptors (Lipinski definition) is 5. The van der Waals surface area contributed by atoms with E-state index in [1.54, 1.807) is 7.11 Å². The Balaban J connectivity index is 1.84. The van der Waals surface area contributed by atoms with Gasteiger partial charge >= 0.3 is 0 Å². The zero-order valence-corrected chi connectivity index (χ0v) is 11.1. The first kappa shape index (κ1) is 13.5. The largest absolute Gasteiger partial charge is 0.377 e. The summed E-state index contributed by atoms with van der Waals surface area (Å²) in [5.41, 5.74) is 6.63. The molecule has 1 atom stereocenters. The molecule has 0 aromatic carbocycles. The van der Waals surface area contributed by atoms with Crippen LogP contribution in [0.4, 0.5) is 0 Å². The van der Waals surface area contributed by atoms with Crippen molar-refractivity contribution in [3.63, 3.8) is 0 Å². The van der Waals surface area contributed by atoms with Gasteiger partial charge < -0.3 is 15.0 Å². The first-order valence-corrected chi connectivity index (χ1v) is 6.67. The Hall–Kier alpha value is -0.910. The number of nitrogens with two attached hydrogens (primary N) is 1. The second kappa shape index (κ2) is 6.87. The van der Waals surface area contributed by atoms with Crippen LogP contribution in [-0.4, -0.2) is 36.8 Å². The van der Waals surface area contributed by atoms with Crippen molar-refractivity contribution in [3.8, 4) is 0 Å². The van der Waals surface area contributed by atoms with E-state index < -0.39 is 0 Å².